The Kier molecular flexibility index (Phi) is 5.17. The Bertz CT molecular complexity index is 1160. The maximum atomic E-state index is 13.9. The number of nitrogens with one attached hydrogen (secondary N) is 1. The Morgan fingerprint density at radius 2 is 1.97 bits per heavy atom. The van der Waals surface area contributed by atoms with Crippen LogP contribution in [0.2, 0.25) is 0 Å². The normalized spacial score (nSPS) is 15.3. The lowest BCUT2D eigenvalue weighted by Crippen LogP contribution is -2.22. The van der Waals surface area contributed by atoms with Crippen LogP contribution in [0.1, 0.15) is 32.5 Å². The number of para-hydroxylation sites is 1. The van der Waals surface area contributed by atoms with Crippen LogP contribution in [0.25, 0.3) is 11.1 Å². The zero-order valence-electron chi connectivity index (χ0n) is 16.2. The number of ether oxygens (including phenoxy) is 2. The molecule has 30 heavy (non-hydrogen) atoms. The number of carbonyl (C=O) groups is 2. The highest BCUT2D eigenvalue weighted by atomic mass is 32.1. The molecule has 154 valence electrons. The van der Waals surface area contributed by atoms with E-state index in [9.17, 15) is 19.1 Å². The van der Waals surface area contributed by atoms with Gasteiger partial charge in [0.05, 0.1) is 19.9 Å². The molecule has 1 atom stereocenters. The van der Waals surface area contributed by atoms with Gasteiger partial charge in [0.25, 0.3) is 0 Å². The van der Waals surface area contributed by atoms with Crippen molar-refractivity contribution < 1.29 is 28.6 Å². The molecule has 0 bridgehead atoms. The monoisotopic (exact) mass is 427 g/mol. The summed E-state index contributed by atoms with van der Waals surface area (Å²) in [5.41, 5.74) is 1.82. The van der Waals surface area contributed by atoms with E-state index in [1.54, 1.807) is 18.2 Å². The van der Waals surface area contributed by atoms with E-state index in [0.717, 1.165) is 16.9 Å². The third kappa shape index (κ3) is 3.29. The summed E-state index contributed by atoms with van der Waals surface area (Å²) < 4.78 is 24.8. The van der Waals surface area contributed by atoms with Crippen molar-refractivity contribution in [3.63, 3.8) is 0 Å². The number of rotatable bonds is 5. The zero-order valence-corrected chi connectivity index (χ0v) is 17.0. The van der Waals surface area contributed by atoms with Crippen molar-refractivity contribution in [3.05, 3.63) is 63.6 Å². The zero-order chi connectivity index (χ0) is 21.4. The number of hydrogen-bond acceptors (Lipinski definition) is 5. The Hall–Kier alpha value is -3.39. The average Bonchev–Trinajstić information content (AvgIpc) is 3.12. The van der Waals surface area contributed by atoms with Gasteiger partial charge in [-0.25, -0.2) is 9.18 Å². The van der Waals surface area contributed by atoms with E-state index >= 15 is 0 Å². The summed E-state index contributed by atoms with van der Waals surface area (Å²) in [6, 6.07) is 11.1. The van der Waals surface area contributed by atoms with Crippen LogP contribution < -0.4 is 14.8 Å². The van der Waals surface area contributed by atoms with E-state index in [1.807, 2.05) is 6.07 Å². The highest BCUT2D eigenvalue weighted by Gasteiger charge is 2.36. The molecule has 0 saturated carbocycles. The van der Waals surface area contributed by atoms with Gasteiger partial charge in [-0.1, -0.05) is 24.3 Å². The molecule has 2 heterocycles. The van der Waals surface area contributed by atoms with Crippen molar-refractivity contribution in [1.29, 1.82) is 0 Å². The summed E-state index contributed by atoms with van der Waals surface area (Å²) in [5.74, 6) is -1.31. The number of hydrogen-bond donors (Lipinski definition) is 2. The van der Waals surface area contributed by atoms with Crippen LogP contribution >= 0.6 is 11.3 Å². The van der Waals surface area contributed by atoms with E-state index in [-0.39, 0.29) is 17.2 Å². The molecular formula is C22H18FNO5S. The van der Waals surface area contributed by atoms with Gasteiger partial charge in [-0.3, -0.25) is 4.79 Å². The number of carboxylic acid groups (broad SMARTS) is 1. The van der Waals surface area contributed by atoms with Crippen LogP contribution in [0, 0.1) is 5.82 Å². The summed E-state index contributed by atoms with van der Waals surface area (Å²) in [6.45, 7) is 0. The quantitative estimate of drug-likeness (QED) is 0.614. The second-order valence-electron chi connectivity index (χ2n) is 6.75. The number of methoxy groups -OCH3 is 2. The lowest BCUT2D eigenvalue weighted by Gasteiger charge is -2.25. The summed E-state index contributed by atoms with van der Waals surface area (Å²) in [5, 5.41) is 12.6. The van der Waals surface area contributed by atoms with Gasteiger partial charge >= 0.3 is 5.97 Å². The lowest BCUT2D eigenvalue weighted by molar-refractivity contribution is -0.116. The van der Waals surface area contributed by atoms with Crippen molar-refractivity contribution >= 4 is 28.9 Å². The van der Waals surface area contributed by atoms with Gasteiger partial charge in [0, 0.05) is 28.3 Å². The first-order chi connectivity index (χ1) is 14.4. The topological polar surface area (TPSA) is 84.9 Å². The number of benzene rings is 2. The third-order valence-corrected chi connectivity index (χ3v) is 6.31. The van der Waals surface area contributed by atoms with Crippen LogP contribution in [-0.4, -0.2) is 31.2 Å². The Labute approximate surface area is 175 Å². The molecule has 0 aliphatic carbocycles. The molecule has 4 rings (SSSR count). The Morgan fingerprint density at radius 3 is 2.63 bits per heavy atom. The van der Waals surface area contributed by atoms with Gasteiger partial charge < -0.3 is 19.9 Å². The van der Waals surface area contributed by atoms with Crippen LogP contribution in [0.5, 0.6) is 11.5 Å². The smallest absolute Gasteiger partial charge is 0.346 e. The van der Waals surface area contributed by atoms with E-state index < -0.39 is 17.7 Å². The minimum atomic E-state index is -1.14. The molecule has 0 radical (unpaired) electrons. The first-order valence-corrected chi connectivity index (χ1v) is 9.92. The molecule has 2 aromatic carbocycles. The van der Waals surface area contributed by atoms with Crippen molar-refractivity contribution in [2.45, 2.75) is 12.3 Å². The summed E-state index contributed by atoms with van der Waals surface area (Å²) in [7, 11) is 3.04. The second-order valence-corrected chi connectivity index (χ2v) is 7.80. The number of thiophene rings is 1. The molecule has 1 aliphatic heterocycles. The fourth-order valence-corrected chi connectivity index (χ4v) is 5.03. The number of carbonyl (C=O) groups excluding carboxylic acids is 1. The predicted molar refractivity (Wildman–Crippen MR) is 111 cm³/mol. The number of halogens is 1. The van der Waals surface area contributed by atoms with Crippen molar-refractivity contribution in [1.82, 2.24) is 0 Å². The SMILES string of the molecule is COc1cccc([C@@H]2CC(=O)Nc3c2sc(C(=O)O)c3-c2cccc(F)c2)c1OC. The molecule has 0 unspecified atom stereocenters. The first kappa shape index (κ1) is 19.9. The number of carboxylic acids is 1. The van der Waals surface area contributed by atoms with Crippen LogP contribution in [0.4, 0.5) is 10.1 Å². The molecule has 6 nitrogen and oxygen atoms in total. The number of fused-ring (bicyclic) bond motifs is 1. The molecule has 1 aromatic heterocycles. The molecule has 1 aliphatic rings. The predicted octanol–water partition coefficient (Wildman–Crippen LogP) is 4.74. The lowest BCUT2D eigenvalue weighted by atomic mass is 9.88. The molecule has 1 amide bonds. The average molecular weight is 427 g/mol. The maximum Gasteiger partial charge on any atom is 0.346 e. The number of aromatic carboxylic acids is 1. The minimum absolute atomic E-state index is 0.0414. The number of amides is 1. The van der Waals surface area contributed by atoms with Crippen molar-refractivity contribution in [2.24, 2.45) is 0 Å². The molecule has 0 spiro atoms. The molecular weight excluding hydrogens is 409 g/mol. The minimum Gasteiger partial charge on any atom is -0.493 e. The van der Waals surface area contributed by atoms with E-state index in [0.29, 0.717) is 33.2 Å². The summed E-state index contributed by atoms with van der Waals surface area (Å²) in [6.07, 6.45) is 0.124. The largest absolute Gasteiger partial charge is 0.493 e. The highest BCUT2D eigenvalue weighted by molar-refractivity contribution is 7.15. The van der Waals surface area contributed by atoms with Crippen LogP contribution in [0.15, 0.2) is 42.5 Å². The molecule has 3 aromatic rings. The third-order valence-electron chi connectivity index (χ3n) is 5.02. The van der Waals surface area contributed by atoms with E-state index in [2.05, 4.69) is 5.32 Å². The molecule has 0 saturated heterocycles. The van der Waals surface area contributed by atoms with Gasteiger partial charge in [0.2, 0.25) is 5.91 Å². The molecule has 0 fully saturated rings. The maximum absolute atomic E-state index is 13.9. The van der Waals surface area contributed by atoms with Crippen LogP contribution in [-0.2, 0) is 4.79 Å². The second kappa shape index (κ2) is 7.79. The van der Waals surface area contributed by atoms with E-state index in [4.69, 9.17) is 9.47 Å². The van der Waals surface area contributed by atoms with Gasteiger partial charge in [-0.2, -0.15) is 0 Å². The van der Waals surface area contributed by atoms with Crippen LogP contribution in [0.3, 0.4) is 0 Å². The Morgan fingerprint density at radius 1 is 1.20 bits per heavy atom. The fourth-order valence-electron chi connectivity index (χ4n) is 3.79. The Balaban J connectivity index is 1.97. The standard InChI is InChI=1S/C22H18FNO5S/c1-28-15-8-4-7-13(19(15)29-2)14-10-16(25)24-18-17(11-5-3-6-12(23)9-11)21(22(26)27)30-20(14)18/h3-9,14H,10H2,1-2H3,(H,24,25)(H,26,27)/t14-/m0/s1. The van der Waals surface area contributed by atoms with Gasteiger partial charge in [0.1, 0.15) is 10.7 Å². The van der Waals surface area contributed by atoms with Crippen molar-refractivity contribution in [2.75, 3.05) is 19.5 Å². The summed E-state index contributed by atoms with van der Waals surface area (Å²) >= 11 is 1.08. The summed E-state index contributed by atoms with van der Waals surface area (Å²) in [4.78, 5) is 25.3. The number of anilines is 1. The molecule has 8 heteroatoms. The van der Waals surface area contributed by atoms with Crippen molar-refractivity contribution in [3.8, 4) is 22.6 Å². The van der Waals surface area contributed by atoms with Gasteiger partial charge in [-0.15, -0.1) is 11.3 Å². The molecule has 2 N–H and O–H groups in total. The van der Waals surface area contributed by atoms with Gasteiger partial charge in [0.15, 0.2) is 11.5 Å². The highest BCUT2D eigenvalue weighted by Crippen LogP contribution is 2.51. The van der Waals surface area contributed by atoms with Gasteiger partial charge in [-0.05, 0) is 23.8 Å². The van der Waals surface area contributed by atoms with E-state index in [1.165, 1.54) is 32.4 Å². The first-order valence-electron chi connectivity index (χ1n) is 9.11. The fraction of sp³-hybridized carbons (Fsp3) is 0.182.